The van der Waals surface area contributed by atoms with Crippen LogP contribution in [0.4, 0.5) is 0 Å². The number of nitrogens with one attached hydrogen (secondary N) is 3. The standard InChI is InChI=1S/C3H8N4O/c1-4-2-3-5-6-7-8-3/h4,6-7H,2H2,1H3. The topological polar surface area (TPSA) is 57.7 Å². The number of likely N-dealkylation sites (N-methyl/N-ethyl adjacent to an activating group) is 1. The minimum absolute atomic E-state index is 0.618. The Morgan fingerprint density at radius 1 is 1.88 bits per heavy atom. The molecule has 46 valence electrons. The van der Waals surface area contributed by atoms with Crippen LogP contribution in [0.3, 0.4) is 0 Å². The lowest BCUT2D eigenvalue weighted by Gasteiger charge is -1.93. The average Bonchev–Trinajstić information content (AvgIpc) is 2.19. The van der Waals surface area contributed by atoms with Crippen molar-refractivity contribution in [3.63, 3.8) is 0 Å². The Bertz CT molecular complexity index is 101. The second kappa shape index (κ2) is 2.49. The number of rotatable bonds is 2. The fourth-order valence-corrected chi connectivity index (χ4v) is 0.417. The summed E-state index contributed by atoms with van der Waals surface area (Å²) in [7, 11) is 1.82. The van der Waals surface area contributed by atoms with Crippen molar-refractivity contribution in [3.05, 3.63) is 0 Å². The van der Waals surface area contributed by atoms with Gasteiger partial charge in [-0.15, -0.1) is 5.10 Å². The summed E-state index contributed by atoms with van der Waals surface area (Å²) in [6.07, 6.45) is 0. The number of hydrazine groups is 1. The highest BCUT2D eigenvalue weighted by molar-refractivity contribution is 5.78. The molecule has 1 rings (SSSR count). The van der Waals surface area contributed by atoms with Crippen LogP contribution in [0.1, 0.15) is 0 Å². The normalized spacial score (nSPS) is 16.9. The predicted octanol–water partition coefficient (Wildman–Crippen LogP) is -1.44. The fourth-order valence-electron chi connectivity index (χ4n) is 0.417. The molecule has 3 N–H and O–H groups in total. The molecule has 0 atom stereocenters. The van der Waals surface area contributed by atoms with Crippen LogP contribution in [0.25, 0.3) is 0 Å². The van der Waals surface area contributed by atoms with Crippen LogP contribution in [0.5, 0.6) is 0 Å². The van der Waals surface area contributed by atoms with Gasteiger partial charge >= 0.3 is 0 Å². The van der Waals surface area contributed by atoms with Crippen molar-refractivity contribution in [3.8, 4) is 0 Å². The molecule has 0 spiro atoms. The zero-order valence-electron chi connectivity index (χ0n) is 4.56. The number of hydrogen-bond donors (Lipinski definition) is 3. The summed E-state index contributed by atoms with van der Waals surface area (Å²) >= 11 is 0. The summed E-state index contributed by atoms with van der Waals surface area (Å²) in [5, 5.41) is 6.57. The zero-order valence-corrected chi connectivity index (χ0v) is 4.56. The van der Waals surface area contributed by atoms with Crippen molar-refractivity contribution in [1.29, 1.82) is 0 Å². The molecule has 0 aliphatic carbocycles. The van der Waals surface area contributed by atoms with Gasteiger partial charge in [-0.25, -0.2) is 5.53 Å². The van der Waals surface area contributed by atoms with E-state index in [1.54, 1.807) is 0 Å². The highest BCUT2D eigenvalue weighted by Crippen LogP contribution is 1.79. The highest BCUT2D eigenvalue weighted by atomic mass is 16.7. The largest absolute Gasteiger partial charge is 0.369 e. The monoisotopic (exact) mass is 116 g/mol. The van der Waals surface area contributed by atoms with Gasteiger partial charge in [0.25, 0.3) is 0 Å². The Kier molecular flexibility index (Phi) is 1.66. The molecule has 8 heavy (non-hydrogen) atoms. The molecule has 0 aromatic rings. The van der Waals surface area contributed by atoms with Gasteiger partial charge in [0, 0.05) is 0 Å². The van der Waals surface area contributed by atoms with E-state index in [0.717, 1.165) is 0 Å². The summed E-state index contributed by atoms with van der Waals surface area (Å²) in [6.45, 7) is 0.639. The quantitative estimate of drug-likeness (QED) is 0.413. The van der Waals surface area contributed by atoms with E-state index in [2.05, 4.69) is 21.5 Å². The van der Waals surface area contributed by atoms with Crippen molar-refractivity contribution < 1.29 is 4.84 Å². The summed E-state index contributed by atoms with van der Waals surface area (Å²) in [5.74, 6) is 0.618. The summed E-state index contributed by atoms with van der Waals surface area (Å²) in [4.78, 5) is 4.72. The maximum atomic E-state index is 4.72. The van der Waals surface area contributed by atoms with E-state index in [0.29, 0.717) is 12.4 Å². The molecule has 1 heterocycles. The van der Waals surface area contributed by atoms with Crippen LogP contribution in [0, 0.1) is 0 Å². The first kappa shape index (κ1) is 5.33. The summed E-state index contributed by atoms with van der Waals surface area (Å²) in [5.41, 5.74) is 4.80. The lowest BCUT2D eigenvalue weighted by molar-refractivity contribution is 0.170. The predicted molar refractivity (Wildman–Crippen MR) is 28.7 cm³/mol. The number of hydrazone groups is 1. The second-order valence-electron chi connectivity index (χ2n) is 1.35. The van der Waals surface area contributed by atoms with E-state index in [1.807, 2.05) is 7.05 Å². The third-order valence-electron chi connectivity index (χ3n) is 0.723. The Morgan fingerprint density at radius 3 is 3.25 bits per heavy atom. The number of nitrogens with zero attached hydrogens (tertiary/aromatic N) is 1. The maximum absolute atomic E-state index is 4.72. The minimum atomic E-state index is 0.618. The van der Waals surface area contributed by atoms with Gasteiger partial charge in [-0.2, -0.15) is 0 Å². The van der Waals surface area contributed by atoms with Crippen molar-refractivity contribution >= 4 is 5.90 Å². The molecule has 0 fully saturated rings. The summed E-state index contributed by atoms with van der Waals surface area (Å²) in [6, 6.07) is 0. The van der Waals surface area contributed by atoms with E-state index < -0.39 is 0 Å². The Balaban J connectivity index is 2.23. The van der Waals surface area contributed by atoms with Crippen LogP contribution in [0.15, 0.2) is 5.10 Å². The van der Waals surface area contributed by atoms with E-state index in [9.17, 15) is 0 Å². The van der Waals surface area contributed by atoms with Crippen molar-refractivity contribution in [2.75, 3.05) is 13.6 Å². The molecule has 1 aliphatic rings. The van der Waals surface area contributed by atoms with Gasteiger partial charge in [0.15, 0.2) is 0 Å². The average molecular weight is 116 g/mol. The Morgan fingerprint density at radius 2 is 2.75 bits per heavy atom. The first-order valence-electron chi connectivity index (χ1n) is 2.31. The van der Waals surface area contributed by atoms with Gasteiger partial charge in [-0.3, -0.25) is 0 Å². The van der Waals surface area contributed by atoms with E-state index in [1.165, 1.54) is 0 Å². The van der Waals surface area contributed by atoms with E-state index in [-0.39, 0.29) is 0 Å². The molecule has 0 aromatic carbocycles. The minimum Gasteiger partial charge on any atom is -0.369 e. The van der Waals surface area contributed by atoms with Crippen LogP contribution < -0.4 is 16.4 Å². The summed E-state index contributed by atoms with van der Waals surface area (Å²) < 4.78 is 0. The van der Waals surface area contributed by atoms with Gasteiger partial charge in [0.05, 0.1) is 6.54 Å². The SMILES string of the molecule is CNCC1=NNNO1. The molecule has 5 heteroatoms. The molecular formula is C3H8N4O. The van der Waals surface area contributed by atoms with Crippen molar-refractivity contribution in [2.45, 2.75) is 0 Å². The Labute approximate surface area is 47.0 Å². The maximum Gasteiger partial charge on any atom is 0.248 e. The first-order valence-corrected chi connectivity index (χ1v) is 2.31. The lowest BCUT2D eigenvalue weighted by Crippen LogP contribution is -2.23. The number of hydrogen-bond acceptors (Lipinski definition) is 5. The van der Waals surface area contributed by atoms with Crippen LogP contribution in [0.2, 0.25) is 0 Å². The molecule has 0 saturated carbocycles. The van der Waals surface area contributed by atoms with Crippen molar-refractivity contribution in [1.82, 2.24) is 16.4 Å². The fraction of sp³-hybridized carbons (Fsp3) is 0.667. The van der Waals surface area contributed by atoms with Crippen LogP contribution >= 0.6 is 0 Å². The molecule has 1 aliphatic heterocycles. The highest BCUT2D eigenvalue weighted by Gasteiger charge is 2.02. The smallest absolute Gasteiger partial charge is 0.248 e. The van der Waals surface area contributed by atoms with Gasteiger partial charge in [-0.05, 0) is 12.6 Å². The molecule has 0 radical (unpaired) electrons. The van der Waals surface area contributed by atoms with Crippen LogP contribution in [-0.2, 0) is 4.84 Å². The molecule has 0 saturated heterocycles. The second-order valence-corrected chi connectivity index (χ2v) is 1.35. The Hall–Kier alpha value is -0.810. The van der Waals surface area contributed by atoms with E-state index in [4.69, 9.17) is 4.84 Å². The van der Waals surface area contributed by atoms with Crippen molar-refractivity contribution in [2.24, 2.45) is 5.10 Å². The first-order chi connectivity index (χ1) is 3.93. The van der Waals surface area contributed by atoms with Gasteiger partial charge in [0.1, 0.15) is 0 Å². The third-order valence-corrected chi connectivity index (χ3v) is 0.723. The molecule has 0 bridgehead atoms. The third kappa shape index (κ3) is 1.08. The molecular weight excluding hydrogens is 108 g/mol. The van der Waals surface area contributed by atoms with E-state index >= 15 is 0 Å². The molecule has 5 nitrogen and oxygen atoms in total. The lowest BCUT2D eigenvalue weighted by atomic mass is 10.6. The van der Waals surface area contributed by atoms with Gasteiger partial charge in [-0.1, -0.05) is 0 Å². The van der Waals surface area contributed by atoms with Gasteiger partial charge < -0.3 is 10.2 Å². The van der Waals surface area contributed by atoms with Crippen LogP contribution in [-0.4, -0.2) is 19.5 Å². The van der Waals surface area contributed by atoms with Gasteiger partial charge in [0.2, 0.25) is 5.90 Å². The zero-order chi connectivity index (χ0) is 5.82. The molecule has 0 amide bonds. The molecule has 0 unspecified atom stereocenters. The molecule has 0 aromatic heterocycles.